The molecule has 1 aromatic heterocycles. The number of halogens is 1. The summed E-state index contributed by atoms with van der Waals surface area (Å²) in [5.74, 6) is -0.130. The number of nitrogens with two attached hydrogens (primary N) is 1. The average Bonchev–Trinajstić information content (AvgIpc) is 2.05. The first-order chi connectivity index (χ1) is 5.24. The van der Waals surface area contributed by atoms with Crippen LogP contribution in [0.4, 0.5) is 0 Å². The first kappa shape index (κ1) is 8.17. The Kier molecular flexibility index (Phi) is 2.57. The minimum absolute atomic E-state index is 0.00329. The topological polar surface area (TPSA) is 56.0 Å². The van der Waals surface area contributed by atoms with Crippen LogP contribution in [-0.4, -0.2) is 17.3 Å². The fourth-order valence-electron chi connectivity index (χ4n) is 0.659. The number of hydrogen-bond acceptors (Lipinski definition) is 3. The second-order valence-electron chi connectivity index (χ2n) is 2.00. The molecular weight excluding hydrogens is 164 g/mol. The molecule has 0 radical (unpaired) electrons. The number of carbonyl (C=O) groups is 1. The van der Waals surface area contributed by atoms with Gasteiger partial charge in [-0.1, -0.05) is 11.6 Å². The van der Waals surface area contributed by atoms with E-state index in [1.165, 1.54) is 6.20 Å². The van der Waals surface area contributed by atoms with Gasteiger partial charge in [-0.25, -0.2) is 4.98 Å². The van der Waals surface area contributed by atoms with Crippen LogP contribution in [0.2, 0.25) is 5.15 Å². The van der Waals surface area contributed by atoms with Crippen molar-refractivity contribution in [2.45, 2.75) is 0 Å². The van der Waals surface area contributed by atoms with Crippen molar-refractivity contribution in [3.05, 3.63) is 29.0 Å². The van der Waals surface area contributed by atoms with Gasteiger partial charge in [0.2, 0.25) is 0 Å². The molecule has 0 aliphatic rings. The number of hydrogen-bond donors (Lipinski definition) is 1. The molecule has 0 unspecified atom stereocenters. The van der Waals surface area contributed by atoms with E-state index in [4.69, 9.17) is 17.3 Å². The summed E-state index contributed by atoms with van der Waals surface area (Å²) in [7, 11) is 0. The molecule has 2 N–H and O–H groups in total. The fourth-order valence-corrected chi connectivity index (χ4v) is 0.770. The Morgan fingerprint density at radius 3 is 2.82 bits per heavy atom. The Balaban J connectivity index is 2.90. The molecule has 0 aromatic carbocycles. The molecule has 0 saturated heterocycles. The van der Waals surface area contributed by atoms with Crippen molar-refractivity contribution in [3.63, 3.8) is 0 Å². The molecular formula is C7H7ClN2O. The van der Waals surface area contributed by atoms with Gasteiger partial charge in [-0.3, -0.25) is 4.79 Å². The van der Waals surface area contributed by atoms with Crippen LogP contribution in [0.3, 0.4) is 0 Å². The van der Waals surface area contributed by atoms with Gasteiger partial charge in [0, 0.05) is 11.8 Å². The summed E-state index contributed by atoms with van der Waals surface area (Å²) >= 11 is 5.51. The first-order valence-electron chi connectivity index (χ1n) is 3.09. The summed E-state index contributed by atoms with van der Waals surface area (Å²) in [4.78, 5) is 14.7. The van der Waals surface area contributed by atoms with Crippen LogP contribution in [0, 0.1) is 0 Å². The molecule has 0 spiro atoms. The second-order valence-corrected chi connectivity index (χ2v) is 2.38. The number of aromatic nitrogens is 1. The lowest BCUT2D eigenvalue weighted by Crippen LogP contribution is -2.13. The van der Waals surface area contributed by atoms with Gasteiger partial charge >= 0.3 is 0 Å². The Labute approximate surface area is 69.2 Å². The van der Waals surface area contributed by atoms with Gasteiger partial charge in [-0.15, -0.1) is 0 Å². The van der Waals surface area contributed by atoms with Gasteiger partial charge in [0.25, 0.3) is 0 Å². The number of carbonyl (C=O) groups excluding carboxylic acids is 1. The van der Waals surface area contributed by atoms with Crippen LogP contribution in [0.1, 0.15) is 10.4 Å². The van der Waals surface area contributed by atoms with Crippen molar-refractivity contribution in [1.29, 1.82) is 0 Å². The Hall–Kier alpha value is -0.930. The maximum atomic E-state index is 10.9. The summed E-state index contributed by atoms with van der Waals surface area (Å²) in [5.41, 5.74) is 5.63. The molecule has 0 fully saturated rings. The van der Waals surface area contributed by atoms with Crippen LogP contribution >= 0.6 is 11.6 Å². The molecule has 0 amide bonds. The lowest BCUT2D eigenvalue weighted by molar-refractivity contribution is 0.100. The molecule has 0 atom stereocenters. The maximum absolute atomic E-state index is 10.9. The van der Waals surface area contributed by atoms with E-state index in [9.17, 15) is 4.79 Å². The maximum Gasteiger partial charge on any atom is 0.177 e. The lowest BCUT2D eigenvalue weighted by Gasteiger charge is -1.95. The quantitative estimate of drug-likeness (QED) is 0.530. The SMILES string of the molecule is NCC(=O)c1ccc(Cl)nc1. The Morgan fingerprint density at radius 2 is 2.36 bits per heavy atom. The van der Waals surface area contributed by atoms with Gasteiger partial charge in [0.1, 0.15) is 5.15 Å². The van der Waals surface area contributed by atoms with Crippen LogP contribution < -0.4 is 5.73 Å². The van der Waals surface area contributed by atoms with E-state index in [0.717, 1.165) is 0 Å². The standard InChI is InChI=1S/C7H7ClN2O/c8-7-2-1-5(4-10-7)6(11)3-9/h1-2,4H,3,9H2. The molecule has 0 saturated carbocycles. The van der Waals surface area contributed by atoms with Crippen LogP contribution in [0.15, 0.2) is 18.3 Å². The minimum Gasteiger partial charge on any atom is -0.324 e. The van der Waals surface area contributed by atoms with Gasteiger partial charge < -0.3 is 5.73 Å². The highest BCUT2D eigenvalue weighted by molar-refractivity contribution is 6.29. The van der Waals surface area contributed by atoms with E-state index in [2.05, 4.69) is 4.98 Å². The Morgan fingerprint density at radius 1 is 1.64 bits per heavy atom. The van der Waals surface area contributed by atoms with Crippen LogP contribution in [-0.2, 0) is 0 Å². The molecule has 0 aliphatic carbocycles. The molecule has 1 heterocycles. The lowest BCUT2D eigenvalue weighted by atomic mass is 10.2. The molecule has 11 heavy (non-hydrogen) atoms. The normalized spacial score (nSPS) is 9.64. The average molecular weight is 171 g/mol. The third kappa shape index (κ3) is 2.00. The van der Waals surface area contributed by atoms with Crippen molar-refractivity contribution in [3.8, 4) is 0 Å². The third-order valence-corrected chi connectivity index (χ3v) is 1.46. The van der Waals surface area contributed by atoms with E-state index in [0.29, 0.717) is 10.7 Å². The number of Topliss-reactive ketones (excluding diaryl/α,β-unsaturated/α-hetero) is 1. The van der Waals surface area contributed by atoms with E-state index in [-0.39, 0.29) is 12.3 Å². The molecule has 0 aliphatic heterocycles. The van der Waals surface area contributed by atoms with Crippen molar-refractivity contribution < 1.29 is 4.79 Å². The van der Waals surface area contributed by atoms with E-state index >= 15 is 0 Å². The zero-order valence-corrected chi connectivity index (χ0v) is 6.51. The molecule has 1 aromatic rings. The number of rotatable bonds is 2. The molecule has 4 heteroatoms. The Bertz CT molecular complexity index is 258. The second kappa shape index (κ2) is 3.46. The summed E-state index contributed by atoms with van der Waals surface area (Å²) in [5, 5.41) is 0.374. The van der Waals surface area contributed by atoms with Gasteiger partial charge in [-0.05, 0) is 12.1 Å². The largest absolute Gasteiger partial charge is 0.324 e. The number of pyridine rings is 1. The molecule has 0 bridgehead atoms. The van der Waals surface area contributed by atoms with Crippen LogP contribution in [0.5, 0.6) is 0 Å². The summed E-state index contributed by atoms with van der Waals surface area (Å²) < 4.78 is 0. The van der Waals surface area contributed by atoms with Crippen LogP contribution in [0.25, 0.3) is 0 Å². The number of nitrogens with zero attached hydrogens (tertiary/aromatic N) is 1. The first-order valence-corrected chi connectivity index (χ1v) is 3.46. The summed E-state index contributed by atoms with van der Waals surface area (Å²) in [6.07, 6.45) is 1.41. The molecule has 3 nitrogen and oxygen atoms in total. The third-order valence-electron chi connectivity index (χ3n) is 1.23. The monoisotopic (exact) mass is 170 g/mol. The zero-order chi connectivity index (χ0) is 8.27. The van der Waals surface area contributed by atoms with Gasteiger partial charge in [-0.2, -0.15) is 0 Å². The smallest absolute Gasteiger partial charge is 0.177 e. The predicted molar refractivity (Wildman–Crippen MR) is 42.6 cm³/mol. The summed E-state index contributed by atoms with van der Waals surface area (Å²) in [6.45, 7) is 0.00329. The van der Waals surface area contributed by atoms with Crippen molar-refractivity contribution >= 4 is 17.4 Å². The molecule has 1 rings (SSSR count). The predicted octanol–water partition coefficient (Wildman–Crippen LogP) is 0.876. The van der Waals surface area contributed by atoms with E-state index < -0.39 is 0 Å². The summed E-state index contributed by atoms with van der Waals surface area (Å²) in [6, 6.07) is 3.16. The van der Waals surface area contributed by atoms with Crippen molar-refractivity contribution in [2.24, 2.45) is 5.73 Å². The van der Waals surface area contributed by atoms with Gasteiger partial charge in [0.05, 0.1) is 6.54 Å². The minimum atomic E-state index is -0.130. The fraction of sp³-hybridized carbons (Fsp3) is 0.143. The van der Waals surface area contributed by atoms with Crippen molar-refractivity contribution in [1.82, 2.24) is 4.98 Å². The van der Waals surface area contributed by atoms with Crippen molar-refractivity contribution in [2.75, 3.05) is 6.54 Å². The number of ketones is 1. The van der Waals surface area contributed by atoms with E-state index in [1.54, 1.807) is 12.1 Å². The highest BCUT2D eigenvalue weighted by Gasteiger charge is 2.01. The highest BCUT2D eigenvalue weighted by atomic mass is 35.5. The zero-order valence-electron chi connectivity index (χ0n) is 5.75. The van der Waals surface area contributed by atoms with Gasteiger partial charge in [0.15, 0.2) is 5.78 Å². The molecule has 58 valence electrons. The van der Waals surface area contributed by atoms with E-state index in [1.807, 2.05) is 0 Å². The highest BCUT2D eigenvalue weighted by Crippen LogP contribution is 2.04.